The van der Waals surface area contributed by atoms with Gasteiger partial charge in [-0.25, -0.2) is 4.79 Å². The summed E-state index contributed by atoms with van der Waals surface area (Å²) >= 11 is 0. The molecule has 6 heteroatoms. The van der Waals surface area contributed by atoms with Crippen LogP contribution in [0.4, 0.5) is 0 Å². The molecule has 0 N–H and O–H groups in total. The van der Waals surface area contributed by atoms with Gasteiger partial charge in [0.25, 0.3) is 0 Å². The first-order valence-electron chi connectivity index (χ1n) is 8.49. The topological polar surface area (TPSA) is 74.7 Å². The van der Waals surface area contributed by atoms with Crippen molar-refractivity contribution >= 4 is 17.8 Å². The van der Waals surface area contributed by atoms with Crippen LogP contribution < -0.4 is 14.2 Å². The maximum atomic E-state index is 12.5. The monoisotopic (exact) mass is 373 g/mol. The molecule has 0 unspecified atom stereocenters. The highest BCUT2D eigenvalue weighted by atomic mass is 16.5. The van der Waals surface area contributed by atoms with Gasteiger partial charge in [-0.1, -0.05) is 18.2 Å². The van der Waals surface area contributed by atoms with Gasteiger partial charge >= 0.3 is 5.97 Å². The highest BCUT2D eigenvalue weighted by Gasteiger charge is 2.28. The van der Waals surface area contributed by atoms with Crippen molar-refractivity contribution in [3.63, 3.8) is 0 Å². The van der Waals surface area contributed by atoms with Crippen LogP contribution in [0.1, 0.15) is 26.3 Å². The molecule has 0 aliphatic carbocycles. The Morgan fingerprint density at radius 1 is 1.11 bits per heavy atom. The second-order valence-corrected chi connectivity index (χ2v) is 5.97. The number of esters is 1. The zero-order valence-electron chi connectivity index (χ0n) is 14.9. The number of para-hydroxylation sites is 1. The van der Waals surface area contributed by atoms with E-state index in [1.807, 2.05) is 6.07 Å². The average Bonchev–Trinajstić information content (AvgIpc) is 3.03. The third-order valence-corrected chi connectivity index (χ3v) is 4.16. The van der Waals surface area contributed by atoms with Gasteiger partial charge in [-0.05, 0) is 42.0 Å². The predicted molar refractivity (Wildman–Crippen MR) is 102 cm³/mol. The van der Waals surface area contributed by atoms with E-state index in [1.54, 1.807) is 60.9 Å². The summed E-state index contributed by atoms with van der Waals surface area (Å²) in [6, 6.07) is 15.0. The summed E-state index contributed by atoms with van der Waals surface area (Å²) in [4.78, 5) is 28.9. The molecule has 0 saturated carbocycles. The number of carbonyl (C=O) groups excluding carboxylic acids is 2. The van der Waals surface area contributed by atoms with Crippen LogP contribution in [-0.4, -0.2) is 23.8 Å². The molecule has 28 heavy (non-hydrogen) atoms. The first-order chi connectivity index (χ1) is 13.7. The van der Waals surface area contributed by atoms with E-state index in [4.69, 9.17) is 14.2 Å². The lowest BCUT2D eigenvalue weighted by atomic mass is 10.1. The van der Waals surface area contributed by atoms with E-state index in [2.05, 4.69) is 4.98 Å². The summed E-state index contributed by atoms with van der Waals surface area (Å²) in [7, 11) is 1.48. The van der Waals surface area contributed by atoms with Crippen LogP contribution in [0.15, 0.2) is 72.8 Å². The molecule has 0 saturated heterocycles. The van der Waals surface area contributed by atoms with Gasteiger partial charge in [0, 0.05) is 18.5 Å². The molecule has 2 aromatic carbocycles. The molecule has 1 aliphatic rings. The minimum absolute atomic E-state index is 0.191. The normalized spacial score (nSPS) is 13.8. The smallest absolute Gasteiger partial charge is 0.347 e. The molecular formula is C22H15NO5. The lowest BCUT2D eigenvalue weighted by Crippen LogP contribution is -2.10. The number of Topliss-reactive ketones (excluding diaryl/α,β-unsaturated/α-hetero) is 1. The molecule has 0 bridgehead atoms. The fourth-order valence-electron chi connectivity index (χ4n) is 2.82. The van der Waals surface area contributed by atoms with Gasteiger partial charge in [-0.3, -0.25) is 9.78 Å². The fourth-order valence-corrected chi connectivity index (χ4v) is 2.82. The highest BCUT2D eigenvalue weighted by molar-refractivity contribution is 6.14. The van der Waals surface area contributed by atoms with Gasteiger partial charge in [0.2, 0.25) is 5.78 Å². The van der Waals surface area contributed by atoms with Crippen LogP contribution in [0.2, 0.25) is 0 Å². The molecule has 0 amide bonds. The van der Waals surface area contributed by atoms with Crippen molar-refractivity contribution < 1.29 is 23.8 Å². The number of aromatic nitrogens is 1. The van der Waals surface area contributed by atoms with Crippen molar-refractivity contribution in [3.8, 4) is 17.2 Å². The van der Waals surface area contributed by atoms with Gasteiger partial charge in [-0.2, -0.15) is 0 Å². The first kappa shape index (κ1) is 17.5. The number of benzene rings is 2. The van der Waals surface area contributed by atoms with Crippen LogP contribution in [0.25, 0.3) is 6.08 Å². The summed E-state index contributed by atoms with van der Waals surface area (Å²) in [6.45, 7) is 0. The lowest BCUT2D eigenvalue weighted by Gasteiger charge is -2.08. The van der Waals surface area contributed by atoms with Gasteiger partial charge < -0.3 is 14.2 Å². The average molecular weight is 373 g/mol. The van der Waals surface area contributed by atoms with Crippen LogP contribution >= 0.6 is 0 Å². The molecule has 1 aliphatic heterocycles. The third kappa shape index (κ3) is 3.35. The van der Waals surface area contributed by atoms with E-state index in [0.29, 0.717) is 22.6 Å². The number of fused-ring (bicyclic) bond motifs is 1. The molecule has 3 aromatic rings. The fraction of sp³-hybridized carbons (Fsp3) is 0.0455. The molecule has 4 rings (SSSR count). The second kappa shape index (κ2) is 7.36. The van der Waals surface area contributed by atoms with Crippen LogP contribution in [-0.2, 0) is 0 Å². The SMILES string of the molecule is COc1ccccc1C(=O)Oc1ccc2c(c1)O/C(=C\c1cccnc1)C2=O. The molecule has 0 atom stereocenters. The number of methoxy groups -OCH3 is 1. The number of nitrogens with zero attached hydrogens (tertiary/aromatic N) is 1. The van der Waals surface area contributed by atoms with Gasteiger partial charge in [0.15, 0.2) is 5.76 Å². The number of hydrogen-bond donors (Lipinski definition) is 0. The predicted octanol–water partition coefficient (Wildman–Crippen LogP) is 3.93. The maximum Gasteiger partial charge on any atom is 0.347 e. The van der Waals surface area contributed by atoms with Crippen LogP contribution in [0, 0.1) is 0 Å². The highest BCUT2D eigenvalue weighted by Crippen LogP contribution is 2.35. The van der Waals surface area contributed by atoms with Gasteiger partial charge in [0.05, 0.1) is 12.7 Å². The zero-order chi connectivity index (χ0) is 19.5. The minimum atomic E-state index is -0.562. The van der Waals surface area contributed by atoms with Crippen LogP contribution in [0.3, 0.4) is 0 Å². The molecule has 1 aromatic heterocycles. The van der Waals surface area contributed by atoms with E-state index in [-0.39, 0.29) is 17.3 Å². The number of carbonyl (C=O) groups is 2. The lowest BCUT2D eigenvalue weighted by molar-refractivity contribution is 0.0731. The minimum Gasteiger partial charge on any atom is -0.496 e. The van der Waals surface area contributed by atoms with Crippen molar-refractivity contribution in [2.75, 3.05) is 7.11 Å². The van der Waals surface area contributed by atoms with E-state index in [9.17, 15) is 9.59 Å². The van der Waals surface area contributed by atoms with Crippen molar-refractivity contribution in [1.82, 2.24) is 4.98 Å². The maximum absolute atomic E-state index is 12.5. The van der Waals surface area contributed by atoms with Crippen molar-refractivity contribution in [1.29, 1.82) is 0 Å². The summed E-state index contributed by atoms with van der Waals surface area (Å²) < 4.78 is 16.3. The van der Waals surface area contributed by atoms with E-state index >= 15 is 0 Å². The number of pyridine rings is 1. The van der Waals surface area contributed by atoms with Crippen LogP contribution in [0.5, 0.6) is 17.2 Å². The number of allylic oxidation sites excluding steroid dienone is 1. The Bertz CT molecular complexity index is 1090. The molecular weight excluding hydrogens is 358 g/mol. The Balaban J connectivity index is 1.57. The molecule has 0 spiro atoms. The number of hydrogen-bond acceptors (Lipinski definition) is 6. The Labute approximate surface area is 161 Å². The second-order valence-electron chi connectivity index (χ2n) is 5.97. The van der Waals surface area contributed by atoms with Gasteiger partial charge in [0.1, 0.15) is 22.8 Å². The Morgan fingerprint density at radius 3 is 2.75 bits per heavy atom. The zero-order valence-corrected chi connectivity index (χ0v) is 14.9. The van der Waals surface area contributed by atoms with Gasteiger partial charge in [-0.15, -0.1) is 0 Å². The number of ether oxygens (including phenoxy) is 3. The standard InChI is InChI=1S/C22H15NO5/c1-26-18-7-3-2-6-17(18)22(25)27-15-8-9-16-19(12-15)28-20(21(16)24)11-14-5-4-10-23-13-14/h2-13H,1H3/b20-11-. The molecule has 138 valence electrons. The molecule has 0 fully saturated rings. The van der Waals surface area contributed by atoms with Crippen molar-refractivity contribution in [2.45, 2.75) is 0 Å². The molecule has 0 radical (unpaired) electrons. The van der Waals surface area contributed by atoms with Crippen molar-refractivity contribution in [2.24, 2.45) is 0 Å². The first-order valence-corrected chi connectivity index (χ1v) is 8.49. The Hall–Kier alpha value is -3.93. The number of ketones is 1. The van der Waals surface area contributed by atoms with E-state index in [0.717, 1.165) is 5.56 Å². The summed E-state index contributed by atoms with van der Waals surface area (Å²) in [5.41, 5.74) is 1.47. The Morgan fingerprint density at radius 2 is 1.96 bits per heavy atom. The largest absolute Gasteiger partial charge is 0.496 e. The summed E-state index contributed by atoms with van der Waals surface area (Å²) in [6.07, 6.45) is 4.90. The summed E-state index contributed by atoms with van der Waals surface area (Å²) in [5, 5.41) is 0. The third-order valence-electron chi connectivity index (χ3n) is 4.16. The molecule has 6 nitrogen and oxygen atoms in total. The van der Waals surface area contributed by atoms with E-state index in [1.165, 1.54) is 13.2 Å². The quantitative estimate of drug-likeness (QED) is 0.392. The number of rotatable bonds is 4. The van der Waals surface area contributed by atoms with E-state index < -0.39 is 5.97 Å². The molecule has 2 heterocycles. The Kier molecular flexibility index (Phi) is 4.60. The van der Waals surface area contributed by atoms with Crippen molar-refractivity contribution in [3.05, 3.63) is 89.4 Å². The summed E-state index contributed by atoms with van der Waals surface area (Å²) in [5.74, 6) is 0.419.